The first-order valence-electron chi connectivity index (χ1n) is 8.01. The van der Waals surface area contributed by atoms with Crippen molar-refractivity contribution >= 4 is 27.3 Å². The maximum atomic E-state index is 12.8. The van der Waals surface area contributed by atoms with Gasteiger partial charge in [0.05, 0.1) is 11.4 Å². The van der Waals surface area contributed by atoms with E-state index in [1.54, 1.807) is 23.6 Å². The van der Waals surface area contributed by atoms with Gasteiger partial charge in [0.1, 0.15) is 10.7 Å². The molecule has 5 nitrogen and oxygen atoms in total. The highest BCUT2D eigenvalue weighted by molar-refractivity contribution is 7.89. The van der Waals surface area contributed by atoms with Crippen LogP contribution in [0.3, 0.4) is 0 Å². The van der Waals surface area contributed by atoms with Crippen molar-refractivity contribution in [3.05, 3.63) is 71.2 Å². The Morgan fingerprint density at radius 3 is 2.44 bits per heavy atom. The molecule has 0 fully saturated rings. The number of hydrogen-bond acceptors (Lipinski definition) is 5. The average molecular weight is 396 g/mol. The molecule has 0 saturated heterocycles. The van der Waals surface area contributed by atoms with Gasteiger partial charge in [-0.05, 0) is 19.1 Å². The molecule has 3 aromatic rings. The predicted octanol–water partition coefficient (Wildman–Crippen LogP) is 3.58. The molecule has 0 atom stereocenters. The number of sulfonamides is 1. The fourth-order valence-corrected chi connectivity index (χ4v) is 4.51. The lowest BCUT2D eigenvalue weighted by molar-refractivity contribution is 0.0868. The van der Waals surface area contributed by atoms with Crippen LogP contribution in [0.5, 0.6) is 0 Å². The van der Waals surface area contributed by atoms with E-state index in [9.17, 15) is 13.2 Å². The lowest BCUT2D eigenvalue weighted by atomic mass is 10.2. The maximum absolute atomic E-state index is 12.8. The predicted molar refractivity (Wildman–Crippen MR) is 106 cm³/mol. The second-order valence-corrected chi connectivity index (χ2v) is 8.46. The molecule has 3 rings (SSSR count). The Balaban J connectivity index is 1.95. The summed E-state index contributed by atoms with van der Waals surface area (Å²) in [7, 11) is -4.07. The second-order valence-electron chi connectivity index (χ2n) is 5.74. The van der Waals surface area contributed by atoms with Crippen LogP contribution in [0.2, 0.25) is 0 Å². The monoisotopic (exact) mass is 396 g/mol. The summed E-state index contributed by atoms with van der Waals surface area (Å²) in [5, 5.41) is 2.18. The molecule has 1 heterocycles. The minimum Gasteiger partial charge on any atom is -0.266 e. The molecule has 0 saturated carbocycles. The van der Waals surface area contributed by atoms with Gasteiger partial charge in [-0.25, -0.2) is 17.7 Å². The lowest BCUT2D eigenvalue weighted by Crippen LogP contribution is -2.37. The van der Waals surface area contributed by atoms with Gasteiger partial charge in [0.25, 0.3) is 15.9 Å². The van der Waals surface area contributed by atoms with Crippen LogP contribution in [0, 0.1) is 19.3 Å². The Hall–Kier alpha value is -2.95. The molecule has 7 heteroatoms. The van der Waals surface area contributed by atoms with Crippen LogP contribution < -0.4 is 0 Å². The van der Waals surface area contributed by atoms with E-state index >= 15 is 0 Å². The fraction of sp³-hybridized carbons (Fsp3) is 0.100. The molecule has 0 bridgehead atoms. The van der Waals surface area contributed by atoms with Crippen molar-refractivity contribution in [3.8, 4) is 22.9 Å². The van der Waals surface area contributed by atoms with E-state index in [4.69, 9.17) is 6.42 Å². The van der Waals surface area contributed by atoms with Gasteiger partial charge in [-0.1, -0.05) is 53.9 Å². The summed E-state index contributed by atoms with van der Waals surface area (Å²) < 4.78 is 26.3. The number of terminal acetylenes is 1. The van der Waals surface area contributed by atoms with Crippen molar-refractivity contribution in [1.82, 2.24) is 9.29 Å². The topological polar surface area (TPSA) is 67.3 Å². The average Bonchev–Trinajstić information content (AvgIpc) is 3.17. The number of aryl methyl sites for hydroxylation is 1. The zero-order valence-corrected chi connectivity index (χ0v) is 16.1. The van der Waals surface area contributed by atoms with Gasteiger partial charge < -0.3 is 0 Å². The van der Waals surface area contributed by atoms with Crippen molar-refractivity contribution < 1.29 is 13.2 Å². The van der Waals surface area contributed by atoms with Crippen LogP contribution in [-0.4, -0.2) is 30.2 Å². The molecular weight excluding hydrogens is 380 g/mol. The Morgan fingerprint density at radius 2 is 1.81 bits per heavy atom. The van der Waals surface area contributed by atoms with Gasteiger partial charge in [0.2, 0.25) is 0 Å². The number of benzene rings is 2. The first kappa shape index (κ1) is 18.8. The van der Waals surface area contributed by atoms with E-state index in [2.05, 4.69) is 10.9 Å². The molecule has 0 N–H and O–H groups in total. The molecule has 0 aliphatic carbocycles. The summed E-state index contributed by atoms with van der Waals surface area (Å²) in [5.41, 5.74) is 2.02. The SMILES string of the molecule is C#CCN(C(=O)c1csc(-c2ccc(C)cc2)n1)S(=O)(=O)c1ccccc1. The van der Waals surface area contributed by atoms with Crippen molar-refractivity contribution in [2.75, 3.05) is 6.54 Å². The van der Waals surface area contributed by atoms with Crippen LogP contribution in [-0.2, 0) is 10.0 Å². The normalized spacial score (nSPS) is 11.0. The second kappa shape index (κ2) is 7.74. The molecular formula is C20H16N2O3S2. The number of aromatic nitrogens is 1. The number of amides is 1. The van der Waals surface area contributed by atoms with Gasteiger partial charge in [0.15, 0.2) is 0 Å². The minimum absolute atomic E-state index is 0.00240. The van der Waals surface area contributed by atoms with Crippen molar-refractivity contribution in [2.24, 2.45) is 0 Å². The Morgan fingerprint density at radius 1 is 1.15 bits per heavy atom. The standard InChI is InChI=1S/C20H16N2O3S2/c1-3-13-22(27(24,25)17-7-5-4-6-8-17)20(23)18-14-26-19(21-18)16-11-9-15(2)10-12-16/h1,4-12,14H,13H2,2H3. The van der Waals surface area contributed by atoms with Crippen molar-refractivity contribution in [3.63, 3.8) is 0 Å². The lowest BCUT2D eigenvalue weighted by Gasteiger charge is -2.19. The number of thiazole rings is 1. The maximum Gasteiger partial charge on any atom is 0.288 e. The highest BCUT2D eigenvalue weighted by Crippen LogP contribution is 2.26. The van der Waals surface area contributed by atoms with Gasteiger partial charge in [-0.15, -0.1) is 17.8 Å². The third-order valence-corrected chi connectivity index (χ3v) is 6.45. The van der Waals surface area contributed by atoms with Crippen molar-refractivity contribution in [2.45, 2.75) is 11.8 Å². The number of rotatable bonds is 5. The van der Waals surface area contributed by atoms with Crippen LogP contribution in [0.1, 0.15) is 16.1 Å². The molecule has 0 spiro atoms. The van der Waals surface area contributed by atoms with Gasteiger partial charge >= 0.3 is 0 Å². The Labute approximate surface area is 162 Å². The minimum atomic E-state index is -4.07. The molecule has 0 aliphatic rings. The highest BCUT2D eigenvalue weighted by Gasteiger charge is 2.30. The van der Waals surface area contributed by atoms with E-state index < -0.39 is 15.9 Å². The summed E-state index contributed by atoms with van der Waals surface area (Å²) in [6.07, 6.45) is 5.30. The van der Waals surface area contributed by atoms with Crippen molar-refractivity contribution in [1.29, 1.82) is 0 Å². The summed E-state index contributed by atoms with van der Waals surface area (Å²) in [6.45, 7) is 1.61. The Bertz CT molecular complexity index is 1100. The summed E-state index contributed by atoms with van der Waals surface area (Å²) in [6, 6.07) is 15.4. The quantitative estimate of drug-likeness (QED) is 0.618. The van der Waals surface area contributed by atoms with Gasteiger partial charge in [-0.3, -0.25) is 4.79 Å². The molecule has 0 radical (unpaired) electrons. The summed E-state index contributed by atoms with van der Waals surface area (Å²) in [5.74, 6) is 1.50. The van der Waals surface area contributed by atoms with E-state index in [-0.39, 0.29) is 17.1 Å². The van der Waals surface area contributed by atoms with E-state index in [1.165, 1.54) is 23.5 Å². The molecule has 0 aliphatic heterocycles. The third kappa shape index (κ3) is 3.92. The smallest absolute Gasteiger partial charge is 0.266 e. The first-order valence-corrected chi connectivity index (χ1v) is 10.3. The van der Waals surface area contributed by atoms with Crippen LogP contribution in [0.15, 0.2) is 64.9 Å². The third-order valence-electron chi connectivity index (χ3n) is 3.81. The molecule has 136 valence electrons. The number of nitrogens with zero attached hydrogens (tertiary/aromatic N) is 2. The first-order chi connectivity index (χ1) is 12.9. The van der Waals surface area contributed by atoms with E-state index in [0.717, 1.165) is 11.1 Å². The zero-order valence-electron chi connectivity index (χ0n) is 14.5. The van der Waals surface area contributed by atoms with E-state index in [0.29, 0.717) is 9.31 Å². The van der Waals surface area contributed by atoms with Gasteiger partial charge in [0, 0.05) is 10.9 Å². The number of hydrogen-bond donors (Lipinski definition) is 0. The fourth-order valence-electron chi connectivity index (χ4n) is 2.40. The van der Waals surface area contributed by atoms with Crippen LogP contribution in [0.4, 0.5) is 0 Å². The molecule has 27 heavy (non-hydrogen) atoms. The summed E-state index contributed by atoms with van der Waals surface area (Å²) >= 11 is 1.27. The Kier molecular flexibility index (Phi) is 5.40. The number of carbonyl (C=O) groups excluding carboxylic acids is 1. The molecule has 2 aromatic carbocycles. The zero-order chi connectivity index (χ0) is 19.4. The van der Waals surface area contributed by atoms with E-state index in [1.807, 2.05) is 31.2 Å². The molecule has 0 unspecified atom stereocenters. The molecule has 1 amide bonds. The largest absolute Gasteiger partial charge is 0.288 e. The molecule has 1 aromatic heterocycles. The summed E-state index contributed by atoms with van der Waals surface area (Å²) in [4.78, 5) is 17.2. The number of carbonyl (C=O) groups is 1. The highest BCUT2D eigenvalue weighted by atomic mass is 32.2. The van der Waals surface area contributed by atoms with Gasteiger partial charge in [-0.2, -0.15) is 0 Å². The van der Waals surface area contributed by atoms with Crippen LogP contribution >= 0.6 is 11.3 Å². The van der Waals surface area contributed by atoms with Crippen LogP contribution in [0.25, 0.3) is 10.6 Å².